The summed E-state index contributed by atoms with van der Waals surface area (Å²) in [4.78, 5) is 14.8. The highest BCUT2D eigenvalue weighted by molar-refractivity contribution is 6.12. The van der Waals surface area contributed by atoms with Crippen LogP contribution in [0.5, 0.6) is 0 Å². The second-order valence-corrected chi connectivity index (χ2v) is 7.86. The number of nitrogens with two attached hydrogens (primary N) is 1. The van der Waals surface area contributed by atoms with Crippen molar-refractivity contribution in [1.82, 2.24) is 19.7 Å². The fourth-order valence-corrected chi connectivity index (χ4v) is 4.31. The Kier molecular flexibility index (Phi) is 4.91. The van der Waals surface area contributed by atoms with E-state index in [9.17, 15) is 17.6 Å². The number of aliphatic imine (C=N–C) groups is 2. The van der Waals surface area contributed by atoms with Gasteiger partial charge in [-0.2, -0.15) is 22.7 Å². The average molecular weight is 457 g/mol. The van der Waals surface area contributed by atoms with Gasteiger partial charge in [0.2, 0.25) is 5.95 Å². The molecule has 0 amide bonds. The molecular weight excluding hydrogens is 438 g/mol. The molecule has 0 fully saturated rings. The minimum atomic E-state index is -4.43. The van der Waals surface area contributed by atoms with E-state index in [1.165, 1.54) is 18.6 Å². The third kappa shape index (κ3) is 3.62. The summed E-state index contributed by atoms with van der Waals surface area (Å²) in [6.45, 7) is -0.118. The van der Waals surface area contributed by atoms with E-state index in [1.54, 1.807) is 41.3 Å². The van der Waals surface area contributed by atoms with E-state index in [-0.39, 0.29) is 5.96 Å². The van der Waals surface area contributed by atoms with Crippen molar-refractivity contribution in [2.45, 2.75) is 24.7 Å². The van der Waals surface area contributed by atoms with E-state index in [1.807, 2.05) is 0 Å². The molecule has 5 rings (SSSR count). The third-order valence-electron chi connectivity index (χ3n) is 5.68. The first-order chi connectivity index (χ1) is 15.8. The summed E-state index contributed by atoms with van der Waals surface area (Å²) in [6.07, 6.45) is 0.350. The van der Waals surface area contributed by atoms with Crippen LogP contribution in [0.25, 0.3) is 11.1 Å². The molecule has 33 heavy (non-hydrogen) atoms. The lowest BCUT2D eigenvalue weighted by molar-refractivity contribution is -0.142. The Balaban J connectivity index is 1.70. The van der Waals surface area contributed by atoms with Gasteiger partial charge in [-0.05, 0) is 35.7 Å². The number of guanidine groups is 1. The Morgan fingerprint density at radius 1 is 1.12 bits per heavy atom. The first kappa shape index (κ1) is 21.1. The van der Waals surface area contributed by atoms with Crippen molar-refractivity contribution < 1.29 is 17.6 Å². The van der Waals surface area contributed by atoms with Gasteiger partial charge in [-0.3, -0.25) is 14.6 Å². The van der Waals surface area contributed by atoms with Crippen molar-refractivity contribution in [2.75, 3.05) is 13.1 Å². The Hall–Kier alpha value is -3.76. The van der Waals surface area contributed by atoms with E-state index < -0.39 is 24.2 Å². The lowest BCUT2D eigenvalue weighted by Gasteiger charge is -2.32. The van der Waals surface area contributed by atoms with Crippen LogP contribution in [0, 0.1) is 5.95 Å². The Morgan fingerprint density at radius 2 is 1.97 bits per heavy atom. The maximum Gasteiger partial charge on any atom is 0.408 e. The summed E-state index contributed by atoms with van der Waals surface area (Å²) >= 11 is 0. The van der Waals surface area contributed by atoms with Gasteiger partial charge in [0.1, 0.15) is 12.4 Å². The molecule has 1 aromatic carbocycles. The molecule has 0 bridgehead atoms. The topological polar surface area (TPSA) is 84.7 Å². The molecule has 0 saturated heterocycles. The number of amidine groups is 1. The molecule has 2 aliphatic heterocycles. The first-order valence-electron chi connectivity index (χ1n) is 10.3. The van der Waals surface area contributed by atoms with Crippen LogP contribution in [-0.4, -0.2) is 50.7 Å². The van der Waals surface area contributed by atoms with Gasteiger partial charge in [-0.1, -0.05) is 18.2 Å². The van der Waals surface area contributed by atoms with Crippen molar-refractivity contribution in [3.05, 3.63) is 72.1 Å². The van der Waals surface area contributed by atoms with Crippen molar-refractivity contribution in [3.63, 3.8) is 0 Å². The molecule has 0 radical (unpaired) electrons. The Bertz CT molecular complexity index is 1260. The average Bonchev–Trinajstić information content (AvgIpc) is 3.36. The molecule has 11 heteroatoms. The summed E-state index contributed by atoms with van der Waals surface area (Å²) in [6, 6.07) is 10.2. The molecule has 0 aliphatic carbocycles. The van der Waals surface area contributed by atoms with E-state index >= 15 is 0 Å². The smallest absolute Gasteiger partial charge is 0.369 e. The van der Waals surface area contributed by atoms with Crippen molar-refractivity contribution in [1.29, 1.82) is 0 Å². The molecule has 2 N–H and O–H groups in total. The summed E-state index contributed by atoms with van der Waals surface area (Å²) < 4.78 is 54.1. The number of hydrogen-bond donors (Lipinski definition) is 1. The van der Waals surface area contributed by atoms with Crippen LogP contribution in [0.1, 0.15) is 17.5 Å². The highest BCUT2D eigenvalue weighted by Gasteiger charge is 2.50. The van der Waals surface area contributed by atoms with Crippen LogP contribution in [-0.2, 0) is 12.1 Å². The Labute approximate surface area is 186 Å². The normalized spacial score (nSPS) is 20.4. The van der Waals surface area contributed by atoms with Gasteiger partial charge in [-0.15, -0.1) is 0 Å². The molecule has 0 saturated carbocycles. The molecule has 1 atom stereocenters. The zero-order valence-electron chi connectivity index (χ0n) is 17.3. The van der Waals surface area contributed by atoms with Crippen LogP contribution in [0.3, 0.4) is 0 Å². The fourth-order valence-electron chi connectivity index (χ4n) is 4.31. The number of benzene rings is 1. The standard InChI is InChI=1S/C22H19F4N7/c23-18-17(6-2-7-28-18)14-4-1-5-15(10-14)22(16-11-30-32(12-16)13-21(24,25)26)19-29-8-3-9-33(19)20(27)31-22/h1-2,4-7,10-12H,3,8-9,13H2,(H2,27,31). The molecule has 2 aromatic heterocycles. The van der Waals surface area contributed by atoms with E-state index in [2.05, 4.69) is 15.1 Å². The van der Waals surface area contributed by atoms with Gasteiger partial charge >= 0.3 is 6.18 Å². The van der Waals surface area contributed by atoms with Crippen LogP contribution in [0.15, 0.2) is 65.0 Å². The largest absolute Gasteiger partial charge is 0.408 e. The predicted octanol–water partition coefficient (Wildman–Crippen LogP) is 3.32. The molecule has 4 heterocycles. The number of pyridine rings is 1. The van der Waals surface area contributed by atoms with Crippen molar-refractivity contribution >= 4 is 11.8 Å². The SMILES string of the molecule is NC1=NC(c2cccc(-c3cccnc3F)c2)(c2cnn(CC(F)(F)F)c2)C2=NCCCN12. The maximum atomic E-state index is 14.4. The fraction of sp³-hybridized carbons (Fsp3) is 0.273. The summed E-state index contributed by atoms with van der Waals surface area (Å²) in [5.74, 6) is 0.101. The van der Waals surface area contributed by atoms with E-state index in [4.69, 9.17) is 10.7 Å². The van der Waals surface area contributed by atoms with Gasteiger partial charge < -0.3 is 5.73 Å². The number of nitrogens with zero attached hydrogens (tertiary/aromatic N) is 6. The molecule has 0 spiro atoms. The number of rotatable bonds is 4. The first-order valence-corrected chi connectivity index (χ1v) is 10.3. The highest BCUT2D eigenvalue weighted by atomic mass is 19.4. The van der Waals surface area contributed by atoms with E-state index in [0.29, 0.717) is 41.2 Å². The van der Waals surface area contributed by atoms with Crippen LogP contribution in [0.4, 0.5) is 17.6 Å². The molecule has 7 nitrogen and oxygen atoms in total. The predicted molar refractivity (Wildman–Crippen MR) is 114 cm³/mol. The third-order valence-corrected chi connectivity index (χ3v) is 5.68. The number of halogens is 4. The number of fused-ring (bicyclic) bond motifs is 1. The number of alkyl halides is 3. The monoisotopic (exact) mass is 457 g/mol. The van der Waals surface area contributed by atoms with Gasteiger partial charge in [0.05, 0.1) is 6.20 Å². The minimum absolute atomic E-state index is 0.218. The molecule has 1 unspecified atom stereocenters. The quantitative estimate of drug-likeness (QED) is 0.481. The number of hydrogen-bond acceptors (Lipinski definition) is 6. The minimum Gasteiger partial charge on any atom is -0.369 e. The summed E-state index contributed by atoms with van der Waals surface area (Å²) in [7, 11) is 0. The lowest BCUT2D eigenvalue weighted by atomic mass is 9.82. The van der Waals surface area contributed by atoms with Crippen molar-refractivity contribution in [3.8, 4) is 11.1 Å². The Morgan fingerprint density at radius 3 is 2.76 bits per heavy atom. The zero-order chi connectivity index (χ0) is 23.2. The molecule has 3 aromatic rings. The zero-order valence-corrected chi connectivity index (χ0v) is 17.3. The summed E-state index contributed by atoms with van der Waals surface area (Å²) in [5, 5.41) is 3.92. The second kappa shape index (κ2) is 7.68. The summed E-state index contributed by atoms with van der Waals surface area (Å²) in [5.41, 5.74) is 6.75. The highest BCUT2D eigenvalue weighted by Crippen LogP contribution is 2.42. The van der Waals surface area contributed by atoms with Crippen LogP contribution >= 0.6 is 0 Å². The van der Waals surface area contributed by atoms with Gasteiger partial charge in [-0.25, -0.2) is 9.98 Å². The van der Waals surface area contributed by atoms with E-state index in [0.717, 1.165) is 11.1 Å². The van der Waals surface area contributed by atoms with Gasteiger partial charge in [0, 0.05) is 36.6 Å². The number of aromatic nitrogens is 3. The molecule has 170 valence electrons. The second-order valence-electron chi connectivity index (χ2n) is 7.86. The van der Waals surface area contributed by atoms with Crippen LogP contribution in [0.2, 0.25) is 0 Å². The van der Waals surface area contributed by atoms with Gasteiger partial charge in [0.15, 0.2) is 11.5 Å². The molecule has 2 aliphatic rings. The van der Waals surface area contributed by atoms with Crippen molar-refractivity contribution in [2.24, 2.45) is 15.7 Å². The van der Waals surface area contributed by atoms with Crippen LogP contribution < -0.4 is 5.73 Å². The molecular formula is C22H19F4N7. The maximum absolute atomic E-state index is 14.4. The van der Waals surface area contributed by atoms with Gasteiger partial charge in [0.25, 0.3) is 0 Å². The lowest BCUT2D eigenvalue weighted by Crippen LogP contribution is -2.46.